The third kappa shape index (κ3) is 4.85. The molecule has 10 heteroatoms. The smallest absolute Gasteiger partial charge is 0.373 e. The molecule has 1 aliphatic carbocycles. The van der Waals surface area contributed by atoms with Crippen molar-refractivity contribution in [3.63, 3.8) is 0 Å². The largest absolute Gasteiger partial charge is 0.389 e. The van der Waals surface area contributed by atoms with Gasteiger partial charge in [-0.15, -0.1) is 0 Å². The summed E-state index contributed by atoms with van der Waals surface area (Å²) in [4.78, 5) is 21.2. The first-order chi connectivity index (χ1) is 16.7. The third-order valence-corrected chi connectivity index (χ3v) is 6.66. The van der Waals surface area contributed by atoms with Gasteiger partial charge in [-0.2, -0.15) is 13.2 Å². The van der Waals surface area contributed by atoms with Gasteiger partial charge in [0.1, 0.15) is 12.1 Å². The van der Waals surface area contributed by atoms with Crippen LogP contribution in [0, 0.1) is 0 Å². The van der Waals surface area contributed by atoms with Crippen LogP contribution in [0.1, 0.15) is 42.6 Å². The van der Waals surface area contributed by atoms with Crippen molar-refractivity contribution in [1.29, 1.82) is 0 Å². The van der Waals surface area contributed by atoms with Gasteiger partial charge in [0, 0.05) is 32.1 Å². The Hall–Kier alpha value is -3.11. The second-order valence-electron chi connectivity index (χ2n) is 9.25. The number of benzene rings is 2. The first-order valence-corrected chi connectivity index (χ1v) is 11.9. The summed E-state index contributed by atoms with van der Waals surface area (Å²) >= 11 is 0. The van der Waals surface area contributed by atoms with Crippen molar-refractivity contribution >= 4 is 22.8 Å². The Labute approximate surface area is 200 Å². The molecule has 2 aromatic carbocycles. The molecule has 0 radical (unpaired) electrons. The number of aromatic nitrogens is 2. The maximum Gasteiger partial charge on any atom is 0.389 e. The third-order valence-electron chi connectivity index (χ3n) is 6.66. The zero-order chi connectivity index (χ0) is 24.7. The molecular weight excluding hydrogens is 459 g/mol. The minimum Gasteiger partial charge on any atom is -0.373 e. The Bertz CT molecular complexity index is 1240. The van der Waals surface area contributed by atoms with Crippen LogP contribution >= 0.6 is 0 Å². The molecule has 3 N–H and O–H groups in total. The summed E-state index contributed by atoms with van der Waals surface area (Å²) in [6.07, 6.45) is -4.64. The highest BCUT2D eigenvalue weighted by Crippen LogP contribution is 2.37. The number of halogens is 3. The lowest BCUT2D eigenvalue weighted by atomic mass is 10.1. The molecule has 35 heavy (non-hydrogen) atoms. The summed E-state index contributed by atoms with van der Waals surface area (Å²) in [6.45, 7) is 0.907. The van der Waals surface area contributed by atoms with Crippen LogP contribution in [-0.2, 0) is 26.1 Å². The van der Waals surface area contributed by atoms with E-state index in [0.717, 1.165) is 24.0 Å². The summed E-state index contributed by atoms with van der Waals surface area (Å²) in [5.74, 6) is 0.428. The highest BCUT2D eigenvalue weighted by molar-refractivity contribution is 5.95. The monoisotopic (exact) mass is 487 g/mol. The molecule has 2 amide bonds. The van der Waals surface area contributed by atoms with Gasteiger partial charge in [0.15, 0.2) is 0 Å². The van der Waals surface area contributed by atoms with Crippen LogP contribution in [-0.4, -0.2) is 44.0 Å². The number of rotatable bonds is 8. The van der Waals surface area contributed by atoms with Crippen LogP contribution in [0.4, 0.5) is 23.7 Å². The fraction of sp³-hybridized carbons (Fsp3) is 0.440. The topological polar surface area (TPSA) is 87.6 Å². The summed E-state index contributed by atoms with van der Waals surface area (Å²) in [5.41, 5.74) is 9.47. The van der Waals surface area contributed by atoms with E-state index in [-0.39, 0.29) is 31.5 Å². The van der Waals surface area contributed by atoms with Crippen molar-refractivity contribution in [2.45, 2.75) is 70.2 Å². The quantitative estimate of drug-likeness (QED) is 0.496. The number of carbonyl (C=O) groups is 1. The zero-order valence-corrected chi connectivity index (χ0v) is 19.2. The molecule has 5 rings (SSSR count). The average molecular weight is 488 g/mol. The number of para-hydroxylation sites is 1. The minimum atomic E-state index is -4.25. The molecule has 1 aliphatic heterocycles. The van der Waals surface area contributed by atoms with E-state index in [1.165, 1.54) is 4.90 Å². The summed E-state index contributed by atoms with van der Waals surface area (Å²) in [6, 6.07) is 12.8. The molecule has 186 valence electrons. The zero-order valence-electron chi connectivity index (χ0n) is 19.2. The summed E-state index contributed by atoms with van der Waals surface area (Å²) in [5, 5.41) is 11.3. The second-order valence-corrected chi connectivity index (χ2v) is 9.25. The lowest BCUT2D eigenvalue weighted by Crippen LogP contribution is -2.53. The molecule has 0 spiro atoms. The van der Waals surface area contributed by atoms with Crippen molar-refractivity contribution < 1.29 is 23.1 Å². The molecule has 2 heterocycles. The number of hydrogen-bond donors (Lipinski definition) is 2. The van der Waals surface area contributed by atoms with Crippen molar-refractivity contribution in [3.05, 3.63) is 59.4 Å². The van der Waals surface area contributed by atoms with E-state index in [1.54, 1.807) is 21.6 Å². The number of nitrogens with zero attached hydrogens (tertiary/aromatic N) is 4. The van der Waals surface area contributed by atoms with Crippen LogP contribution in [0.3, 0.4) is 0 Å². The number of alkyl halides is 3. The number of carbonyl (C=O) groups excluding carboxylic acids is 1. The van der Waals surface area contributed by atoms with E-state index >= 15 is 0 Å². The maximum absolute atomic E-state index is 13.4. The van der Waals surface area contributed by atoms with Gasteiger partial charge in [0.05, 0.1) is 23.1 Å². The lowest BCUT2D eigenvalue weighted by molar-refractivity contribution is -0.135. The minimum absolute atomic E-state index is 0.0166. The Morgan fingerprint density at radius 1 is 1.17 bits per heavy atom. The first-order valence-electron chi connectivity index (χ1n) is 11.9. The number of aliphatic hydroxyl groups is 1. The van der Waals surface area contributed by atoms with Gasteiger partial charge in [0.25, 0.3) is 0 Å². The fourth-order valence-electron chi connectivity index (χ4n) is 4.78. The fourth-order valence-corrected chi connectivity index (χ4v) is 4.78. The highest BCUT2D eigenvalue weighted by Gasteiger charge is 2.41. The molecular formula is C25H28F3N5O2. The van der Waals surface area contributed by atoms with Gasteiger partial charge >= 0.3 is 12.2 Å². The predicted molar refractivity (Wildman–Crippen MR) is 126 cm³/mol. The van der Waals surface area contributed by atoms with Crippen LogP contribution in [0.15, 0.2) is 42.5 Å². The number of urea groups is 1. The standard InChI is InChI=1S/C25H28F3N5O2/c26-25(27,28)10-3-11-31-21-9-6-16(14-29)12-19(21)30-22(31)13-23(34)33-20-5-2-1-4-17(20)15-32(24(33)35)18-7-8-18/h1-2,4-6,9,12,18,23,34H,3,7-8,10-11,13-15,29H2. The number of fused-ring (bicyclic) bond motifs is 2. The molecule has 1 unspecified atom stereocenters. The van der Waals surface area contributed by atoms with Crippen molar-refractivity contribution in [2.75, 3.05) is 4.90 Å². The second kappa shape index (κ2) is 9.16. The Kier molecular flexibility index (Phi) is 6.18. The van der Waals surface area contributed by atoms with E-state index in [1.807, 2.05) is 30.3 Å². The number of hydrogen-bond acceptors (Lipinski definition) is 4. The molecule has 3 aromatic rings. The van der Waals surface area contributed by atoms with E-state index in [9.17, 15) is 23.1 Å². The van der Waals surface area contributed by atoms with E-state index in [0.29, 0.717) is 35.6 Å². The lowest BCUT2D eigenvalue weighted by Gasteiger charge is -2.39. The molecule has 1 atom stereocenters. The number of nitrogens with two attached hydrogens (primary N) is 1. The maximum atomic E-state index is 13.4. The summed E-state index contributed by atoms with van der Waals surface area (Å²) in [7, 11) is 0. The van der Waals surface area contributed by atoms with Crippen molar-refractivity contribution in [3.8, 4) is 0 Å². The number of imidazole rings is 1. The van der Waals surface area contributed by atoms with E-state index in [2.05, 4.69) is 4.98 Å². The van der Waals surface area contributed by atoms with Crippen LogP contribution < -0.4 is 10.6 Å². The molecule has 1 aromatic heterocycles. The number of aryl methyl sites for hydroxylation is 1. The van der Waals surface area contributed by atoms with Crippen molar-refractivity contribution in [2.24, 2.45) is 5.73 Å². The van der Waals surface area contributed by atoms with Gasteiger partial charge in [-0.3, -0.25) is 4.90 Å². The Morgan fingerprint density at radius 2 is 1.94 bits per heavy atom. The predicted octanol–water partition coefficient (Wildman–Crippen LogP) is 4.30. The van der Waals surface area contributed by atoms with E-state index < -0.39 is 18.8 Å². The number of anilines is 1. The van der Waals surface area contributed by atoms with E-state index in [4.69, 9.17) is 5.73 Å². The number of aliphatic hydroxyl groups excluding tert-OH is 1. The Morgan fingerprint density at radius 3 is 2.66 bits per heavy atom. The van der Waals surface area contributed by atoms with Crippen molar-refractivity contribution in [1.82, 2.24) is 14.5 Å². The van der Waals surface area contributed by atoms with Gasteiger partial charge < -0.3 is 20.3 Å². The van der Waals surface area contributed by atoms with Crippen LogP contribution in [0.5, 0.6) is 0 Å². The van der Waals surface area contributed by atoms with Crippen LogP contribution in [0.25, 0.3) is 11.0 Å². The first kappa shape index (κ1) is 23.6. The van der Waals surface area contributed by atoms with Gasteiger partial charge in [0.2, 0.25) is 0 Å². The van der Waals surface area contributed by atoms with Gasteiger partial charge in [-0.1, -0.05) is 24.3 Å². The molecule has 1 saturated carbocycles. The molecule has 1 fully saturated rings. The van der Waals surface area contributed by atoms with Gasteiger partial charge in [-0.05, 0) is 48.6 Å². The molecule has 2 aliphatic rings. The number of amides is 2. The SMILES string of the molecule is NCc1ccc2c(c1)nc(CC(O)N1C(=O)N(C3CC3)Cc3ccccc31)n2CCCC(F)(F)F. The Balaban J connectivity index is 1.47. The summed E-state index contributed by atoms with van der Waals surface area (Å²) < 4.78 is 40.2. The van der Waals surface area contributed by atoms with Gasteiger partial charge in [-0.25, -0.2) is 9.78 Å². The molecule has 7 nitrogen and oxygen atoms in total. The normalized spacial score (nSPS) is 17.2. The van der Waals surface area contributed by atoms with Crippen LogP contribution in [0.2, 0.25) is 0 Å². The highest BCUT2D eigenvalue weighted by atomic mass is 19.4. The molecule has 0 bridgehead atoms. The average Bonchev–Trinajstić information content (AvgIpc) is 3.60. The molecule has 0 saturated heterocycles.